The van der Waals surface area contributed by atoms with Gasteiger partial charge in [-0.2, -0.15) is 0 Å². The van der Waals surface area contributed by atoms with Gasteiger partial charge in [-0.1, -0.05) is 0 Å². The Bertz CT molecular complexity index is 218. The summed E-state index contributed by atoms with van der Waals surface area (Å²) >= 11 is 0. The fourth-order valence-corrected chi connectivity index (χ4v) is 0.634. The summed E-state index contributed by atoms with van der Waals surface area (Å²) in [6.45, 7) is 0. The van der Waals surface area contributed by atoms with Crippen LogP contribution in [0.4, 0.5) is 11.4 Å². The van der Waals surface area contributed by atoms with Crippen molar-refractivity contribution in [1.82, 2.24) is 5.73 Å². The molecule has 1 aromatic carbocycles. The average Bonchev–Trinajstić information content (AvgIpc) is 1.95. The molecule has 1 aromatic rings. The van der Waals surface area contributed by atoms with E-state index in [2.05, 4.69) is 5.32 Å². The van der Waals surface area contributed by atoms with Gasteiger partial charge in [-0.3, -0.25) is 4.79 Å². The molecular formula is C7H7N2O. The zero-order valence-corrected chi connectivity index (χ0v) is 5.29. The lowest BCUT2D eigenvalue weighted by atomic mass is 10.3. The summed E-state index contributed by atoms with van der Waals surface area (Å²) in [5.74, 6) is 0. The second-order valence-electron chi connectivity index (χ2n) is 1.84. The van der Waals surface area contributed by atoms with E-state index in [1.165, 1.54) is 0 Å². The van der Waals surface area contributed by atoms with Crippen LogP contribution in [0, 0.1) is 0 Å². The third-order valence-corrected chi connectivity index (χ3v) is 1.11. The standard InChI is InChI=1S/C7H7N2O/c8-6-1-3-7(4-2-6)9-5-10/h1-5,8H,(H,9,10). The van der Waals surface area contributed by atoms with Crippen molar-refractivity contribution < 1.29 is 4.79 Å². The molecule has 0 aliphatic heterocycles. The maximum absolute atomic E-state index is 9.90. The van der Waals surface area contributed by atoms with Crippen molar-refractivity contribution in [3.63, 3.8) is 0 Å². The number of anilines is 1. The first-order valence-corrected chi connectivity index (χ1v) is 2.85. The highest BCUT2D eigenvalue weighted by atomic mass is 16.1. The Morgan fingerprint density at radius 2 is 1.90 bits per heavy atom. The fraction of sp³-hybridized carbons (Fsp3) is 0. The van der Waals surface area contributed by atoms with Gasteiger partial charge in [0.2, 0.25) is 6.41 Å². The molecule has 0 atom stereocenters. The zero-order valence-electron chi connectivity index (χ0n) is 5.29. The highest BCUT2D eigenvalue weighted by Crippen LogP contribution is 2.09. The Balaban J connectivity index is 2.78. The van der Waals surface area contributed by atoms with E-state index < -0.39 is 0 Å². The normalized spacial score (nSPS) is 8.80. The highest BCUT2D eigenvalue weighted by Gasteiger charge is 1.87. The second kappa shape index (κ2) is 2.87. The minimum absolute atomic E-state index is 0.441. The van der Waals surface area contributed by atoms with E-state index in [9.17, 15) is 4.79 Å². The van der Waals surface area contributed by atoms with E-state index in [0.29, 0.717) is 17.8 Å². The molecule has 0 saturated heterocycles. The van der Waals surface area contributed by atoms with Crippen molar-refractivity contribution in [3.8, 4) is 0 Å². The highest BCUT2D eigenvalue weighted by molar-refractivity contribution is 5.71. The predicted molar refractivity (Wildman–Crippen MR) is 38.9 cm³/mol. The Morgan fingerprint density at radius 1 is 1.30 bits per heavy atom. The fourth-order valence-electron chi connectivity index (χ4n) is 0.634. The number of hydrogen-bond donors (Lipinski definition) is 1. The summed E-state index contributed by atoms with van der Waals surface area (Å²) in [5.41, 5.74) is 8.26. The van der Waals surface area contributed by atoms with Crippen LogP contribution in [0.5, 0.6) is 0 Å². The third kappa shape index (κ3) is 1.48. The van der Waals surface area contributed by atoms with Crippen molar-refractivity contribution in [1.29, 1.82) is 0 Å². The molecule has 2 N–H and O–H groups in total. The number of carbonyl (C=O) groups excluding carboxylic acids is 1. The molecule has 0 unspecified atom stereocenters. The molecule has 0 aliphatic carbocycles. The van der Waals surface area contributed by atoms with Gasteiger partial charge >= 0.3 is 0 Å². The van der Waals surface area contributed by atoms with E-state index in [1.807, 2.05) is 0 Å². The van der Waals surface area contributed by atoms with Gasteiger partial charge in [0.05, 0.1) is 5.69 Å². The van der Waals surface area contributed by atoms with Crippen LogP contribution in [0.25, 0.3) is 0 Å². The van der Waals surface area contributed by atoms with Crippen molar-refractivity contribution >= 4 is 17.8 Å². The predicted octanol–water partition coefficient (Wildman–Crippen LogP) is 1.17. The summed E-state index contributed by atoms with van der Waals surface area (Å²) in [4.78, 5) is 9.90. The average molecular weight is 135 g/mol. The first kappa shape index (κ1) is 6.61. The summed E-state index contributed by atoms with van der Waals surface area (Å²) < 4.78 is 0. The maximum atomic E-state index is 9.90. The van der Waals surface area contributed by atoms with Crippen LogP contribution in [-0.2, 0) is 4.79 Å². The first-order chi connectivity index (χ1) is 4.83. The van der Waals surface area contributed by atoms with Gasteiger partial charge in [0, 0.05) is 5.69 Å². The Kier molecular flexibility index (Phi) is 1.89. The molecule has 1 amide bonds. The number of rotatable bonds is 2. The molecule has 0 aromatic heterocycles. The summed E-state index contributed by atoms with van der Waals surface area (Å²) in [6.07, 6.45) is 0.610. The van der Waals surface area contributed by atoms with Crippen LogP contribution >= 0.6 is 0 Å². The summed E-state index contributed by atoms with van der Waals surface area (Å²) in [7, 11) is 0. The minimum atomic E-state index is 0.441. The monoisotopic (exact) mass is 135 g/mol. The van der Waals surface area contributed by atoms with E-state index in [0.717, 1.165) is 0 Å². The molecule has 0 aliphatic rings. The minimum Gasteiger partial charge on any atom is -0.329 e. The maximum Gasteiger partial charge on any atom is 0.211 e. The largest absolute Gasteiger partial charge is 0.329 e. The molecule has 1 rings (SSSR count). The van der Waals surface area contributed by atoms with Crippen LogP contribution in [0.15, 0.2) is 24.3 Å². The lowest BCUT2D eigenvalue weighted by Crippen LogP contribution is -1.91. The van der Waals surface area contributed by atoms with Crippen LogP contribution < -0.4 is 11.1 Å². The van der Waals surface area contributed by atoms with Crippen LogP contribution in [0.3, 0.4) is 0 Å². The van der Waals surface area contributed by atoms with Crippen molar-refractivity contribution in [2.24, 2.45) is 0 Å². The van der Waals surface area contributed by atoms with E-state index in [1.54, 1.807) is 24.3 Å². The first-order valence-electron chi connectivity index (χ1n) is 2.85. The molecule has 0 spiro atoms. The molecule has 51 valence electrons. The molecule has 10 heavy (non-hydrogen) atoms. The number of carbonyl (C=O) groups is 1. The molecule has 0 heterocycles. The number of hydrogen-bond acceptors (Lipinski definition) is 1. The molecule has 0 fully saturated rings. The van der Waals surface area contributed by atoms with Crippen LogP contribution in [0.2, 0.25) is 0 Å². The number of benzene rings is 1. The lowest BCUT2D eigenvalue weighted by molar-refractivity contribution is -0.105. The van der Waals surface area contributed by atoms with Crippen molar-refractivity contribution in [3.05, 3.63) is 24.3 Å². The van der Waals surface area contributed by atoms with Crippen LogP contribution in [-0.4, -0.2) is 6.41 Å². The zero-order chi connectivity index (χ0) is 7.40. The van der Waals surface area contributed by atoms with Gasteiger partial charge in [-0.05, 0) is 24.3 Å². The van der Waals surface area contributed by atoms with Gasteiger partial charge in [0.1, 0.15) is 0 Å². The van der Waals surface area contributed by atoms with Gasteiger partial charge in [0.25, 0.3) is 0 Å². The van der Waals surface area contributed by atoms with E-state index >= 15 is 0 Å². The van der Waals surface area contributed by atoms with E-state index in [-0.39, 0.29) is 0 Å². The number of nitrogens with one attached hydrogen (secondary N) is 2. The van der Waals surface area contributed by atoms with Crippen molar-refractivity contribution in [2.45, 2.75) is 0 Å². The Hall–Kier alpha value is -1.51. The van der Waals surface area contributed by atoms with Gasteiger partial charge in [0.15, 0.2) is 0 Å². The lowest BCUT2D eigenvalue weighted by Gasteiger charge is -1.95. The molecule has 1 radical (unpaired) electrons. The van der Waals surface area contributed by atoms with Crippen molar-refractivity contribution in [2.75, 3.05) is 5.32 Å². The van der Waals surface area contributed by atoms with Gasteiger partial charge in [-0.15, -0.1) is 0 Å². The van der Waals surface area contributed by atoms with Gasteiger partial charge < -0.3 is 11.1 Å². The van der Waals surface area contributed by atoms with Crippen LogP contribution in [0.1, 0.15) is 0 Å². The number of amides is 1. The smallest absolute Gasteiger partial charge is 0.211 e. The molecule has 0 bridgehead atoms. The topological polar surface area (TPSA) is 52.9 Å². The third-order valence-electron chi connectivity index (χ3n) is 1.11. The molecular weight excluding hydrogens is 128 g/mol. The Labute approximate surface area is 58.8 Å². The SMILES string of the molecule is [NH]c1ccc(NC=O)cc1. The summed E-state index contributed by atoms with van der Waals surface area (Å²) in [5, 5.41) is 2.47. The molecule has 3 heteroatoms. The quantitative estimate of drug-likeness (QED) is 0.608. The van der Waals surface area contributed by atoms with E-state index in [4.69, 9.17) is 5.73 Å². The second-order valence-corrected chi connectivity index (χ2v) is 1.84. The Morgan fingerprint density at radius 3 is 2.40 bits per heavy atom. The molecule has 3 nitrogen and oxygen atoms in total. The molecule has 0 saturated carbocycles. The summed E-state index contributed by atoms with van der Waals surface area (Å²) in [6, 6.07) is 6.59. The van der Waals surface area contributed by atoms with Gasteiger partial charge in [-0.25, -0.2) is 0 Å².